The van der Waals surface area contributed by atoms with Gasteiger partial charge in [-0.15, -0.1) is 0 Å². The number of benzene rings is 2. The number of ether oxygens (including phenoxy) is 1. The molecular formula is C21H25ClN2O4S. The lowest BCUT2D eigenvalue weighted by atomic mass is 10.1. The van der Waals surface area contributed by atoms with Gasteiger partial charge in [0.15, 0.2) is 0 Å². The molecule has 0 spiro atoms. The molecule has 29 heavy (non-hydrogen) atoms. The summed E-state index contributed by atoms with van der Waals surface area (Å²) in [6.07, 6.45) is 1.14. The zero-order valence-electron chi connectivity index (χ0n) is 16.5. The Balaban J connectivity index is 1.57. The number of rotatable bonds is 7. The summed E-state index contributed by atoms with van der Waals surface area (Å²) in [5, 5.41) is 3.26. The minimum Gasteiger partial charge on any atom is -0.492 e. The first-order valence-electron chi connectivity index (χ1n) is 9.53. The molecule has 1 N–H and O–H groups in total. The monoisotopic (exact) mass is 436 g/mol. The summed E-state index contributed by atoms with van der Waals surface area (Å²) < 4.78 is 32.8. The van der Waals surface area contributed by atoms with E-state index in [0.717, 1.165) is 16.9 Å². The number of amides is 1. The van der Waals surface area contributed by atoms with Crippen LogP contribution in [-0.4, -0.2) is 44.4 Å². The Morgan fingerprint density at radius 3 is 2.48 bits per heavy atom. The summed E-state index contributed by atoms with van der Waals surface area (Å²) in [7, 11) is -3.75. The third-order valence-electron chi connectivity index (χ3n) is 4.79. The quantitative estimate of drug-likeness (QED) is 0.675. The van der Waals surface area contributed by atoms with Crippen LogP contribution in [0.5, 0.6) is 5.75 Å². The first kappa shape index (κ1) is 21.6. The molecule has 1 amide bonds. The van der Waals surface area contributed by atoms with Gasteiger partial charge in [0, 0.05) is 11.6 Å². The van der Waals surface area contributed by atoms with Crippen molar-refractivity contribution in [1.29, 1.82) is 0 Å². The third-order valence-corrected chi connectivity index (χ3v) is 6.97. The molecule has 1 saturated heterocycles. The van der Waals surface area contributed by atoms with E-state index in [9.17, 15) is 13.2 Å². The van der Waals surface area contributed by atoms with Gasteiger partial charge in [-0.1, -0.05) is 17.7 Å². The second-order valence-corrected chi connectivity index (χ2v) is 9.52. The van der Waals surface area contributed by atoms with E-state index in [1.165, 1.54) is 28.6 Å². The number of sulfonamides is 1. The molecule has 2 aromatic rings. The normalized spacial score (nSPS) is 17.3. The van der Waals surface area contributed by atoms with Crippen LogP contribution in [0.2, 0.25) is 5.02 Å². The van der Waals surface area contributed by atoms with Gasteiger partial charge in [0.25, 0.3) is 0 Å². The van der Waals surface area contributed by atoms with Crippen LogP contribution in [0.1, 0.15) is 24.0 Å². The maximum absolute atomic E-state index is 12.9. The van der Waals surface area contributed by atoms with E-state index in [0.29, 0.717) is 37.6 Å². The molecule has 0 aliphatic carbocycles. The van der Waals surface area contributed by atoms with E-state index in [1.54, 1.807) is 0 Å². The number of hydrogen-bond acceptors (Lipinski definition) is 4. The van der Waals surface area contributed by atoms with Crippen LogP contribution in [0.3, 0.4) is 0 Å². The van der Waals surface area contributed by atoms with Crippen molar-refractivity contribution in [3.05, 3.63) is 58.6 Å². The molecule has 1 atom stereocenters. The Labute approximate surface area is 176 Å². The van der Waals surface area contributed by atoms with Crippen LogP contribution >= 0.6 is 11.6 Å². The van der Waals surface area contributed by atoms with E-state index in [2.05, 4.69) is 11.4 Å². The number of carbonyl (C=O) groups is 1. The van der Waals surface area contributed by atoms with Crippen LogP contribution in [0.15, 0.2) is 47.4 Å². The van der Waals surface area contributed by atoms with Gasteiger partial charge in [0.1, 0.15) is 18.4 Å². The minimum absolute atomic E-state index is 0.139. The van der Waals surface area contributed by atoms with Crippen molar-refractivity contribution < 1.29 is 17.9 Å². The standard InChI is InChI=1S/C21H25ClN2O4S/c1-15-12-16(2)14-18(13-15)28-11-9-23-21(25)20-4-3-10-24(20)29(26,27)19-7-5-17(22)6-8-19/h5-8,12-14,20H,3-4,9-11H2,1-2H3,(H,23,25). The van der Waals surface area contributed by atoms with Crippen LogP contribution in [0.25, 0.3) is 0 Å². The number of carbonyl (C=O) groups excluding carboxylic acids is 1. The Hall–Kier alpha value is -2.09. The van der Waals surface area contributed by atoms with Gasteiger partial charge in [0.05, 0.1) is 11.4 Å². The highest BCUT2D eigenvalue weighted by molar-refractivity contribution is 7.89. The van der Waals surface area contributed by atoms with Crippen molar-refractivity contribution in [2.24, 2.45) is 0 Å². The summed E-state index contributed by atoms with van der Waals surface area (Å²) in [5.74, 6) is 0.452. The highest BCUT2D eigenvalue weighted by atomic mass is 35.5. The molecule has 0 aromatic heterocycles. The average molecular weight is 437 g/mol. The molecule has 0 bridgehead atoms. The van der Waals surface area contributed by atoms with E-state index >= 15 is 0 Å². The molecule has 0 saturated carbocycles. The van der Waals surface area contributed by atoms with Gasteiger partial charge in [0.2, 0.25) is 15.9 Å². The maximum atomic E-state index is 12.9. The van der Waals surface area contributed by atoms with Gasteiger partial charge in [-0.05, 0) is 74.2 Å². The van der Waals surface area contributed by atoms with E-state index in [1.807, 2.05) is 26.0 Å². The minimum atomic E-state index is -3.75. The largest absolute Gasteiger partial charge is 0.492 e. The predicted octanol–water partition coefficient (Wildman–Crippen LogP) is 3.31. The summed E-state index contributed by atoms with van der Waals surface area (Å²) in [5.41, 5.74) is 2.22. The van der Waals surface area contributed by atoms with Crippen molar-refractivity contribution in [3.8, 4) is 5.75 Å². The molecule has 156 valence electrons. The van der Waals surface area contributed by atoms with Crippen LogP contribution in [-0.2, 0) is 14.8 Å². The topological polar surface area (TPSA) is 75.7 Å². The molecule has 1 fully saturated rings. The van der Waals surface area contributed by atoms with Crippen LogP contribution in [0.4, 0.5) is 0 Å². The predicted molar refractivity (Wildman–Crippen MR) is 113 cm³/mol. The molecule has 1 unspecified atom stereocenters. The summed E-state index contributed by atoms with van der Waals surface area (Å²) in [6, 6.07) is 11.2. The van der Waals surface area contributed by atoms with Crippen molar-refractivity contribution in [2.75, 3.05) is 19.7 Å². The number of nitrogens with one attached hydrogen (secondary N) is 1. The van der Waals surface area contributed by atoms with E-state index < -0.39 is 16.1 Å². The van der Waals surface area contributed by atoms with Crippen molar-refractivity contribution >= 4 is 27.5 Å². The molecule has 3 rings (SSSR count). The van der Waals surface area contributed by atoms with Crippen LogP contribution < -0.4 is 10.1 Å². The fraction of sp³-hybridized carbons (Fsp3) is 0.381. The molecule has 1 aliphatic rings. The summed E-state index contributed by atoms with van der Waals surface area (Å²) in [6.45, 7) is 4.93. The molecule has 0 radical (unpaired) electrons. The van der Waals surface area contributed by atoms with E-state index in [4.69, 9.17) is 16.3 Å². The Morgan fingerprint density at radius 2 is 1.83 bits per heavy atom. The van der Waals surface area contributed by atoms with E-state index in [-0.39, 0.29) is 10.8 Å². The number of halogens is 1. The first-order chi connectivity index (χ1) is 13.8. The number of aryl methyl sites for hydroxylation is 2. The SMILES string of the molecule is Cc1cc(C)cc(OCCNC(=O)C2CCCN2S(=O)(=O)c2ccc(Cl)cc2)c1. The van der Waals surface area contributed by atoms with Gasteiger partial charge in [-0.25, -0.2) is 8.42 Å². The van der Waals surface area contributed by atoms with Gasteiger partial charge in [-0.2, -0.15) is 4.31 Å². The van der Waals surface area contributed by atoms with Gasteiger partial charge < -0.3 is 10.1 Å². The summed E-state index contributed by atoms with van der Waals surface area (Å²) >= 11 is 5.85. The Bertz CT molecular complexity index is 956. The average Bonchev–Trinajstić information content (AvgIpc) is 3.15. The molecule has 2 aromatic carbocycles. The van der Waals surface area contributed by atoms with Gasteiger partial charge >= 0.3 is 0 Å². The maximum Gasteiger partial charge on any atom is 0.243 e. The zero-order valence-corrected chi connectivity index (χ0v) is 18.1. The zero-order chi connectivity index (χ0) is 21.0. The lowest BCUT2D eigenvalue weighted by Crippen LogP contribution is -2.46. The fourth-order valence-electron chi connectivity index (χ4n) is 3.51. The highest BCUT2D eigenvalue weighted by Gasteiger charge is 2.39. The second kappa shape index (κ2) is 9.15. The highest BCUT2D eigenvalue weighted by Crippen LogP contribution is 2.27. The Kier molecular flexibility index (Phi) is 6.82. The third kappa shape index (κ3) is 5.29. The molecule has 8 heteroatoms. The first-order valence-corrected chi connectivity index (χ1v) is 11.4. The van der Waals surface area contributed by atoms with Gasteiger partial charge in [-0.3, -0.25) is 4.79 Å². The summed E-state index contributed by atoms with van der Waals surface area (Å²) in [4.78, 5) is 12.8. The van der Waals surface area contributed by atoms with Crippen LogP contribution in [0, 0.1) is 13.8 Å². The number of hydrogen-bond donors (Lipinski definition) is 1. The van der Waals surface area contributed by atoms with Crippen molar-refractivity contribution in [1.82, 2.24) is 9.62 Å². The smallest absolute Gasteiger partial charge is 0.243 e. The fourth-order valence-corrected chi connectivity index (χ4v) is 5.29. The molecule has 1 aliphatic heterocycles. The van der Waals surface area contributed by atoms with Crippen molar-refractivity contribution in [3.63, 3.8) is 0 Å². The lowest BCUT2D eigenvalue weighted by Gasteiger charge is -2.23. The second-order valence-electron chi connectivity index (χ2n) is 7.19. The molecule has 6 nitrogen and oxygen atoms in total. The van der Waals surface area contributed by atoms with Crippen molar-refractivity contribution in [2.45, 2.75) is 37.6 Å². The molecule has 1 heterocycles. The molecular weight excluding hydrogens is 412 g/mol. The number of nitrogens with zero attached hydrogens (tertiary/aromatic N) is 1. The Morgan fingerprint density at radius 1 is 1.17 bits per heavy atom. The lowest BCUT2D eigenvalue weighted by molar-refractivity contribution is -0.124.